The van der Waals surface area contributed by atoms with Crippen LogP contribution in [0.25, 0.3) is 0 Å². The number of hydrogen-bond acceptors (Lipinski definition) is 1. The molecule has 2 heteroatoms. The van der Waals surface area contributed by atoms with Crippen LogP contribution in [0.5, 0.6) is 0 Å². The number of rotatable bonds is 4. The van der Waals surface area contributed by atoms with Gasteiger partial charge < -0.3 is 5.73 Å². The van der Waals surface area contributed by atoms with Crippen LogP contribution < -0.4 is 5.73 Å². The third-order valence-electron chi connectivity index (χ3n) is 2.93. The van der Waals surface area contributed by atoms with Gasteiger partial charge in [-0.1, -0.05) is 29.8 Å². The van der Waals surface area contributed by atoms with E-state index in [4.69, 9.17) is 17.3 Å². The average Bonchev–Trinajstić information content (AvgIpc) is 2.99. The number of aryl methyl sites for hydroxylation is 1. The Morgan fingerprint density at radius 3 is 2.71 bits per heavy atom. The zero-order valence-electron chi connectivity index (χ0n) is 8.25. The molecule has 0 heterocycles. The zero-order valence-corrected chi connectivity index (χ0v) is 9.00. The zero-order chi connectivity index (χ0) is 9.97. The van der Waals surface area contributed by atoms with E-state index in [0.717, 1.165) is 23.8 Å². The van der Waals surface area contributed by atoms with Crippen molar-refractivity contribution >= 4 is 11.6 Å². The lowest BCUT2D eigenvalue weighted by molar-refractivity contribution is 0.550. The summed E-state index contributed by atoms with van der Waals surface area (Å²) < 4.78 is 0. The van der Waals surface area contributed by atoms with Gasteiger partial charge in [0.25, 0.3) is 0 Å². The van der Waals surface area contributed by atoms with Crippen molar-refractivity contribution in [2.45, 2.75) is 31.7 Å². The van der Waals surface area contributed by atoms with Gasteiger partial charge in [0.05, 0.1) is 0 Å². The van der Waals surface area contributed by atoms with Crippen LogP contribution >= 0.6 is 11.6 Å². The van der Waals surface area contributed by atoms with Crippen molar-refractivity contribution in [3.63, 3.8) is 0 Å². The van der Waals surface area contributed by atoms with Crippen molar-refractivity contribution in [3.05, 3.63) is 34.9 Å². The van der Waals surface area contributed by atoms with Gasteiger partial charge >= 0.3 is 0 Å². The van der Waals surface area contributed by atoms with Gasteiger partial charge in [0.15, 0.2) is 0 Å². The molecule has 1 aliphatic rings. The smallest absolute Gasteiger partial charge is 0.0437 e. The van der Waals surface area contributed by atoms with E-state index in [0.29, 0.717) is 6.04 Å². The molecule has 14 heavy (non-hydrogen) atoms. The molecular weight excluding hydrogens is 194 g/mol. The molecule has 0 bridgehead atoms. The van der Waals surface area contributed by atoms with Gasteiger partial charge in [-0.3, -0.25) is 0 Å². The second kappa shape index (κ2) is 4.33. The first-order valence-electron chi connectivity index (χ1n) is 5.26. The van der Waals surface area contributed by atoms with Gasteiger partial charge in [0.1, 0.15) is 0 Å². The summed E-state index contributed by atoms with van der Waals surface area (Å²) in [4.78, 5) is 0. The molecule has 0 aliphatic heterocycles. The highest BCUT2D eigenvalue weighted by atomic mass is 35.5. The lowest BCUT2D eigenvalue weighted by Gasteiger charge is -2.10. The predicted octanol–water partition coefficient (Wildman–Crippen LogP) is 3.01. The van der Waals surface area contributed by atoms with E-state index in [1.807, 2.05) is 18.2 Å². The molecule has 1 aromatic carbocycles. The molecule has 1 atom stereocenters. The largest absolute Gasteiger partial charge is 0.327 e. The van der Waals surface area contributed by atoms with Gasteiger partial charge in [-0.2, -0.15) is 0 Å². The minimum atomic E-state index is 0.381. The Balaban J connectivity index is 1.87. The van der Waals surface area contributed by atoms with Crippen LogP contribution in [0.15, 0.2) is 24.3 Å². The number of benzene rings is 1. The lowest BCUT2D eigenvalue weighted by Crippen LogP contribution is -2.22. The minimum absolute atomic E-state index is 0.381. The maximum absolute atomic E-state index is 6.06. The molecule has 76 valence electrons. The van der Waals surface area contributed by atoms with E-state index < -0.39 is 0 Å². The van der Waals surface area contributed by atoms with Crippen molar-refractivity contribution in [3.8, 4) is 0 Å². The highest BCUT2D eigenvalue weighted by Crippen LogP contribution is 2.33. The molecule has 2 N–H and O–H groups in total. The normalized spacial score (nSPS) is 18.1. The van der Waals surface area contributed by atoms with Crippen LogP contribution in [0.3, 0.4) is 0 Å². The molecule has 0 amide bonds. The first-order chi connectivity index (χ1) is 6.77. The summed E-state index contributed by atoms with van der Waals surface area (Å²) in [7, 11) is 0. The van der Waals surface area contributed by atoms with Crippen molar-refractivity contribution in [1.82, 2.24) is 0 Å². The summed E-state index contributed by atoms with van der Waals surface area (Å²) in [5.74, 6) is 0.789. The molecule has 1 saturated carbocycles. The molecule has 1 aliphatic carbocycles. The summed E-state index contributed by atoms with van der Waals surface area (Å²) in [5.41, 5.74) is 7.26. The molecule has 1 fully saturated rings. The van der Waals surface area contributed by atoms with E-state index in [1.54, 1.807) is 0 Å². The topological polar surface area (TPSA) is 26.0 Å². The van der Waals surface area contributed by atoms with Crippen LogP contribution in [0.1, 0.15) is 24.8 Å². The van der Waals surface area contributed by atoms with Crippen LogP contribution in [-0.2, 0) is 6.42 Å². The van der Waals surface area contributed by atoms with Gasteiger partial charge in [0, 0.05) is 11.1 Å². The fourth-order valence-corrected chi connectivity index (χ4v) is 2.01. The summed E-state index contributed by atoms with van der Waals surface area (Å²) >= 11 is 6.06. The van der Waals surface area contributed by atoms with Crippen molar-refractivity contribution < 1.29 is 0 Å². The van der Waals surface area contributed by atoms with Crippen LogP contribution in [0.4, 0.5) is 0 Å². The Kier molecular flexibility index (Phi) is 3.09. The molecule has 1 aromatic rings. The third kappa shape index (κ3) is 2.49. The lowest BCUT2D eigenvalue weighted by atomic mass is 10.0. The first kappa shape index (κ1) is 10.0. The highest BCUT2D eigenvalue weighted by Gasteiger charge is 2.27. The van der Waals surface area contributed by atoms with Crippen molar-refractivity contribution in [2.75, 3.05) is 0 Å². The Bertz CT molecular complexity index is 307. The molecule has 1 nitrogen and oxygen atoms in total. The quantitative estimate of drug-likeness (QED) is 0.811. The standard InChI is InChI=1S/C12H16ClN/c13-11-4-2-1-3-9(11)7-8-12(14)10-5-6-10/h1-4,10,12H,5-8,14H2. The van der Waals surface area contributed by atoms with Gasteiger partial charge in [-0.05, 0) is 43.2 Å². The molecule has 0 radical (unpaired) electrons. The van der Waals surface area contributed by atoms with Gasteiger partial charge in [-0.25, -0.2) is 0 Å². The maximum atomic E-state index is 6.06. The molecule has 2 rings (SSSR count). The van der Waals surface area contributed by atoms with Crippen LogP contribution in [0, 0.1) is 5.92 Å². The van der Waals surface area contributed by atoms with E-state index in [9.17, 15) is 0 Å². The fourth-order valence-electron chi connectivity index (χ4n) is 1.78. The monoisotopic (exact) mass is 209 g/mol. The van der Waals surface area contributed by atoms with Crippen LogP contribution in [-0.4, -0.2) is 6.04 Å². The van der Waals surface area contributed by atoms with Gasteiger partial charge in [-0.15, -0.1) is 0 Å². The molecule has 0 saturated heterocycles. The molecule has 0 spiro atoms. The molecule has 0 aromatic heterocycles. The van der Waals surface area contributed by atoms with E-state index >= 15 is 0 Å². The average molecular weight is 210 g/mol. The SMILES string of the molecule is NC(CCc1ccccc1Cl)C1CC1. The fraction of sp³-hybridized carbons (Fsp3) is 0.500. The van der Waals surface area contributed by atoms with E-state index in [-0.39, 0.29) is 0 Å². The Labute approximate surface area is 90.3 Å². The second-order valence-electron chi connectivity index (χ2n) is 4.13. The summed E-state index contributed by atoms with van der Waals surface area (Å²) in [6.07, 6.45) is 4.72. The highest BCUT2D eigenvalue weighted by molar-refractivity contribution is 6.31. The van der Waals surface area contributed by atoms with Gasteiger partial charge in [0.2, 0.25) is 0 Å². The second-order valence-corrected chi connectivity index (χ2v) is 4.54. The van der Waals surface area contributed by atoms with E-state index in [1.165, 1.54) is 18.4 Å². The van der Waals surface area contributed by atoms with Crippen molar-refractivity contribution in [2.24, 2.45) is 11.7 Å². The number of hydrogen-bond donors (Lipinski definition) is 1. The van der Waals surface area contributed by atoms with Crippen LogP contribution in [0.2, 0.25) is 5.02 Å². The summed E-state index contributed by atoms with van der Waals surface area (Å²) in [6.45, 7) is 0. The van der Waals surface area contributed by atoms with Crippen molar-refractivity contribution in [1.29, 1.82) is 0 Å². The third-order valence-corrected chi connectivity index (χ3v) is 3.30. The predicted molar refractivity (Wildman–Crippen MR) is 60.5 cm³/mol. The minimum Gasteiger partial charge on any atom is -0.327 e. The summed E-state index contributed by atoms with van der Waals surface area (Å²) in [6, 6.07) is 8.41. The Morgan fingerprint density at radius 2 is 2.07 bits per heavy atom. The van der Waals surface area contributed by atoms with E-state index in [2.05, 4.69) is 6.07 Å². The molecule has 1 unspecified atom stereocenters. The maximum Gasteiger partial charge on any atom is 0.0437 e. The summed E-state index contributed by atoms with van der Waals surface area (Å²) in [5, 5.41) is 0.871. The first-order valence-corrected chi connectivity index (χ1v) is 5.64. The number of nitrogens with two attached hydrogens (primary N) is 1. The Morgan fingerprint density at radius 1 is 1.36 bits per heavy atom. The Hall–Kier alpha value is -0.530. The molecular formula is C12H16ClN. The number of halogens is 1.